The fraction of sp³-hybridized carbons (Fsp3) is 0.286. The minimum Gasteiger partial charge on any atom is -0.658 e. The highest BCUT2D eigenvalue weighted by molar-refractivity contribution is 6.30. The monoisotopic (exact) mass is 435 g/mol. The molecule has 0 amide bonds. The summed E-state index contributed by atoms with van der Waals surface area (Å²) in [5.74, 6) is 0.160. The largest absolute Gasteiger partial charge is 0.658 e. The lowest BCUT2D eigenvalue weighted by Gasteiger charge is -2.22. The predicted octanol–water partition coefficient (Wildman–Crippen LogP) is 5.70. The van der Waals surface area contributed by atoms with E-state index in [1.165, 1.54) is 24.4 Å². The molecule has 1 aromatic carbocycles. The van der Waals surface area contributed by atoms with Crippen molar-refractivity contribution in [1.82, 2.24) is 15.0 Å². The molecule has 0 aliphatic heterocycles. The maximum atomic E-state index is 13.6. The van der Waals surface area contributed by atoms with Crippen molar-refractivity contribution in [3.63, 3.8) is 0 Å². The fourth-order valence-electron chi connectivity index (χ4n) is 2.83. The zero-order chi connectivity index (χ0) is 21.9. The SMILES string of the molecule is CC(C)C[N-]Cc1ccc(C(F)(F)F)c(-c2nc(-c3ccc(Cl)cn3)cc(=O)[nH]2)c1. The molecule has 5 nitrogen and oxygen atoms in total. The van der Waals surface area contributed by atoms with E-state index in [2.05, 4.69) is 20.3 Å². The summed E-state index contributed by atoms with van der Waals surface area (Å²) in [5, 5.41) is 4.75. The topological polar surface area (TPSA) is 72.7 Å². The van der Waals surface area contributed by atoms with Gasteiger partial charge in [-0.3, -0.25) is 9.78 Å². The van der Waals surface area contributed by atoms with E-state index in [0.717, 1.165) is 6.07 Å². The molecule has 0 saturated heterocycles. The van der Waals surface area contributed by atoms with Gasteiger partial charge in [0.05, 0.1) is 22.0 Å². The van der Waals surface area contributed by atoms with Gasteiger partial charge < -0.3 is 10.3 Å². The molecular weight excluding hydrogens is 417 g/mol. The molecule has 0 unspecified atom stereocenters. The van der Waals surface area contributed by atoms with Crippen molar-refractivity contribution in [2.24, 2.45) is 5.92 Å². The third-order valence-corrected chi connectivity index (χ3v) is 4.39. The van der Waals surface area contributed by atoms with Crippen LogP contribution >= 0.6 is 11.6 Å². The van der Waals surface area contributed by atoms with Gasteiger partial charge in [0.15, 0.2) is 0 Å². The smallest absolute Gasteiger partial charge is 0.417 e. The molecular formula is C21H19ClF3N4O-. The second-order valence-electron chi connectivity index (χ2n) is 7.18. The molecule has 3 aromatic rings. The summed E-state index contributed by atoms with van der Waals surface area (Å²) < 4.78 is 40.9. The molecule has 3 rings (SSSR count). The van der Waals surface area contributed by atoms with Crippen LogP contribution in [0.15, 0.2) is 47.4 Å². The number of hydrogen-bond donors (Lipinski definition) is 1. The molecule has 0 aliphatic carbocycles. The van der Waals surface area contributed by atoms with E-state index >= 15 is 0 Å². The van der Waals surface area contributed by atoms with Crippen LogP contribution in [0.5, 0.6) is 0 Å². The van der Waals surface area contributed by atoms with Gasteiger partial charge in [0.1, 0.15) is 5.82 Å². The van der Waals surface area contributed by atoms with Gasteiger partial charge in [0.2, 0.25) is 0 Å². The second kappa shape index (κ2) is 8.97. The standard InChI is InChI=1S/C21H19ClF3N4O/c1-12(2)9-26-10-13-3-5-16(21(23,24)25)15(7-13)20-28-18(8-19(30)29-20)17-6-4-14(22)11-27-17/h3-8,11-12H,9-10H2,1-2H3,(H,28,29,30)/q-1. The molecule has 30 heavy (non-hydrogen) atoms. The van der Waals surface area contributed by atoms with Gasteiger partial charge in [-0.25, -0.2) is 4.98 Å². The van der Waals surface area contributed by atoms with Crippen molar-refractivity contribution in [2.45, 2.75) is 26.6 Å². The Labute approximate surface area is 176 Å². The first-order valence-corrected chi connectivity index (χ1v) is 9.58. The number of rotatable bonds is 6. The van der Waals surface area contributed by atoms with Crippen LogP contribution in [0.1, 0.15) is 25.0 Å². The molecule has 0 aliphatic rings. The van der Waals surface area contributed by atoms with E-state index in [1.54, 1.807) is 12.1 Å². The first-order chi connectivity index (χ1) is 14.1. The maximum Gasteiger partial charge on any atom is 0.417 e. The Kier molecular flexibility index (Phi) is 6.58. The van der Waals surface area contributed by atoms with E-state index in [4.69, 9.17) is 11.6 Å². The Morgan fingerprint density at radius 3 is 2.53 bits per heavy atom. The summed E-state index contributed by atoms with van der Waals surface area (Å²) in [6.07, 6.45) is -3.24. The van der Waals surface area contributed by atoms with Crippen molar-refractivity contribution >= 4 is 11.6 Å². The average Bonchev–Trinajstić information content (AvgIpc) is 2.67. The lowest BCUT2D eigenvalue weighted by Crippen LogP contribution is -2.13. The van der Waals surface area contributed by atoms with Crippen molar-refractivity contribution in [1.29, 1.82) is 0 Å². The van der Waals surface area contributed by atoms with Gasteiger partial charge in [-0.15, -0.1) is 13.1 Å². The summed E-state index contributed by atoms with van der Waals surface area (Å²) in [5.41, 5.74) is -0.630. The molecule has 0 atom stereocenters. The van der Waals surface area contributed by atoms with Crippen LogP contribution in [0.4, 0.5) is 13.2 Å². The van der Waals surface area contributed by atoms with Crippen molar-refractivity contribution < 1.29 is 13.2 Å². The van der Waals surface area contributed by atoms with Gasteiger partial charge in [0.25, 0.3) is 5.56 Å². The fourth-order valence-corrected chi connectivity index (χ4v) is 2.94. The van der Waals surface area contributed by atoms with Crippen LogP contribution < -0.4 is 5.56 Å². The van der Waals surface area contributed by atoms with Gasteiger partial charge in [-0.2, -0.15) is 13.2 Å². The van der Waals surface area contributed by atoms with Crippen molar-refractivity contribution in [3.05, 3.63) is 74.4 Å². The normalized spacial score (nSPS) is 11.8. The number of aromatic nitrogens is 3. The lowest BCUT2D eigenvalue weighted by molar-refractivity contribution is -0.137. The lowest BCUT2D eigenvalue weighted by atomic mass is 10.0. The number of H-pyrrole nitrogens is 1. The van der Waals surface area contributed by atoms with Crippen LogP contribution in [-0.4, -0.2) is 21.5 Å². The molecule has 0 radical (unpaired) electrons. The number of nitrogens with zero attached hydrogens (tertiary/aromatic N) is 3. The summed E-state index contributed by atoms with van der Waals surface area (Å²) >= 11 is 5.82. The zero-order valence-electron chi connectivity index (χ0n) is 16.3. The third-order valence-electron chi connectivity index (χ3n) is 4.16. The highest BCUT2D eigenvalue weighted by Crippen LogP contribution is 2.37. The maximum absolute atomic E-state index is 13.6. The molecule has 2 aromatic heterocycles. The van der Waals surface area contributed by atoms with E-state index in [0.29, 0.717) is 28.7 Å². The summed E-state index contributed by atoms with van der Waals surface area (Å²) in [4.78, 5) is 22.9. The Bertz CT molecular complexity index is 1080. The van der Waals surface area contributed by atoms with E-state index < -0.39 is 17.3 Å². The minimum absolute atomic E-state index is 0.147. The number of nitrogens with one attached hydrogen (secondary N) is 1. The molecule has 0 bridgehead atoms. The first-order valence-electron chi connectivity index (χ1n) is 9.20. The molecule has 0 fully saturated rings. The quantitative estimate of drug-likeness (QED) is 0.539. The summed E-state index contributed by atoms with van der Waals surface area (Å²) in [6.45, 7) is 4.88. The van der Waals surface area contributed by atoms with Gasteiger partial charge in [-0.05, 0) is 24.3 Å². The van der Waals surface area contributed by atoms with Gasteiger partial charge >= 0.3 is 6.18 Å². The molecule has 2 heterocycles. The summed E-state index contributed by atoms with van der Waals surface area (Å²) in [6, 6.07) is 8.02. The first kappa shape index (κ1) is 22.0. The third kappa shape index (κ3) is 5.46. The van der Waals surface area contributed by atoms with Crippen LogP contribution in [0.25, 0.3) is 28.1 Å². The number of alkyl halides is 3. The Morgan fingerprint density at radius 1 is 1.13 bits per heavy atom. The van der Waals surface area contributed by atoms with E-state index in [9.17, 15) is 18.0 Å². The van der Waals surface area contributed by atoms with E-state index in [1.807, 2.05) is 13.8 Å². The van der Waals surface area contributed by atoms with Crippen LogP contribution in [-0.2, 0) is 12.7 Å². The second-order valence-corrected chi connectivity index (χ2v) is 7.61. The van der Waals surface area contributed by atoms with Crippen LogP contribution in [0.3, 0.4) is 0 Å². The minimum atomic E-state index is -4.62. The number of halogens is 4. The van der Waals surface area contributed by atoms with Crippen molar-refractivity contribution in [2.75, 3.05) is 6.54 Å². The molecule has 0 saturated carbocycles. The highest BCUT2D eigenvalue weighted by Gasteiger charge is 2.34. The summed E-state index contributed by atoms with van der Waals surface area (Å²) in [7, 11) is 0. The molecule has 0 spiro atoms. The van der Waals surface area contributed by atoms with Crippen LogP contribution in [0, 0.1) is 5.92 Å². The molecule has 9 heteroatoms. The number of benzene rings is 1. The molecule has 1 N–H and O–H groups in total. The molecule has 158 valence electrons. The number of pyridine rings is 1. The van der Waals surface area contributed by atoms with Crippen LogP contribution in [0.2, 0.25) is 5.02 Å². The Hall–Kier alpha value is -2.71. The van der Waals surface area contributed by atoms with Crippen molar-refractivity contribution in [3.8, 4) is 22.8 Å². The number of hydrogen-bond acceptors (Lipinski definition) is 3. The number of aromatic amines is 1. The highest BCUT2D eigenvalue weighted by atomic mass is 35.5. The predicted molar refractivity (Wildman–Crippen MR) is 110 cm³/mol. The average molecular weight is 436 g/mol. The Balaban J connectivity index is 2.08. The van der Waals surface area contributed by atoms with Gasteiger partial charge in [-0.1, -0.05) is 43.0 Å². The Morgan fingerprint density at radius 2 is 1.90 bits per heavy atom. The van der Waals surface area contributed by atoms with Gasteiger partial charge in [0, 0.05) is 17.8 Å². The van der Waals surface area contributed by atoms with E-state index in [-0.39, 0.29) is 23.6 Å². The zero-order valence-corrected chi connectivity index (χ0v) is 17.1.